The molecular formula is C12H2F24O7. The zero-order valence-corrected chi connectivity index (χ0v) is 18.0. The molecule has 7 nitrogen and oxygen atoms in total. The fourth-order valence-electron chi connectivity index (χ4n) is 1.40. The Morgan fingerprint density at radius 2 is 0.302 bits per heavy atom. The van der Waals surface area contributed by atoms with Crippen LogP contribution < -0.4 is 0 Å². The van der Waals surface area contributed by atoms with Gasteiger partial charge in [-0.05, 0) is 0 Å². The summed E-state index contributed by atoms with van der Waals surface area (Å²) in [6.45, 7) is 0. The van der Waals surface area contributed by atoms with Crippen LogP contribution in [0.2, 0.25) is 0 Å². The van der Waals surface area contributed by atoms with Gasteiger partial charge in [0, 0.05) is 0 Å². The Balaban J connectivity index is 6.19. The van der Waals surface area contributed by atoms with E-state index in [-0.39, 0.29) is 0 Å². The standard InChI is InChI=1S/C12H2F24O7/c13-1(14,37)3(17,18)39-5(21,22)7(25,26)41-9(29,30)11(33,34)43-12(35,36)10(31,32)42-8(27,28)6(23,24)40-4(19,20)2(15,16)38/h37-38H. The van der Waals surface area contributed by atoms with Gasteiger partial charge in [0.1, 0.15) is 0 Å². The summed E-state index contributed by atoms with van der Waals surface area (Å²) in [5, 5.41) is 15.0. The second-order valence-corrected chi connectivity index (χ2v) is 6.76. The summed E-state index contributed by atoms with van der Waals surface area (Å²) in [4.78, 5) is 0. The molecule has 0 amide bonds. The zero-order valence-electron chi connectivity index (χ0n) is 18.0. The Hall–Kier alpha value is -1.96. The molecule has 0 aromatic heterocycles. The molecular weight excluding hydrogens is 712 g/mol. The second kappa shape index (κ2) is 10.8. The molecule has 31 heteroatoms. The molecule has 0 radical (unpaired) electrons. The van der Waals surface area contributed by atoms with Gasteiger partial charge >= 0.3 is 73.3 Å². The van der Waals surface area contributed by atoms with E-state index in [1.807, 2.05) is 0 Å². The van der Waals surface area contributed by atoms with Gasteiger partial charge in [-0.15, -0.1) is 0 Å². The Kier molecular flexibility index (Phi) is 10.3. The first-order valence-corrected chi connectivity index (χ1v) is 8.52. The van der Waals surface area contributed by atoms with Crippen LogP contribution in [0, 0.1) is 0 Å². The van der Waals surface area contributed by atoms with E-state index in [9.17, 15) is 105 Å². The maximum Gasteiger partial charge on any atom is 0.453 e. The van der Waals surface area contributed by atoms with Gasteiger partial charge in [0.05, 0.1) is 0 Å². The lowest BCUT2D eigenvalue weighted by Gasteiger charge is -2.36. The van der Waals surface area contributed by atoms with Gasteiger partial charge in [0.2, 0.25) is 0 Å². The molecule has 0 bridgehead atoms. The molecule has 0 rings (SSSR count). The molecule has 0 aromatic carbocycles. The summed E-state index contributed by atoms with van der Waals surface area (Å²) in [6.07, 6.45) is -92.1. The fraction of sp³-hybridized carbons (Fsp3) is 1.00. The number of ether oxygens (including phenoxy) is 5. The van der Waals surface area contributed by atoms with E-state index in [0.717, 1.165) is 14.2 Å². The van der Waals surface area contributed by atoms with Gasteiger partial charge in [-0.25, -0.2) is 23.7 Å². The van der Waals surface area contributed by atoms with E-state index in [2.05, 4.69) is 0 Å². The quantitative estimate of drug-likeness (QED) is 0.185. The van der Waals surface area contributed by atoms with Crippen LogP contribution in [0.3, 0.4) is 0 Å². The van der Waals surface area contributed by atoms with Crippen LogP contribution in [0.15, 0.2) is 0 Å². The average molecular weight is 714 g/mol. The fourth-order valence-corrected chi connectivity index (χ4v) is 1.40. The van der Waals surface area contributed by atoms with Crippen LogP contribution in [-0.4, -0.2) is 83.5 Å². The maximum atomic E-state index is 13.2. The van der Waals surface area contributed by atoms with Gasteiger partial charge in [-0.2, -0.15) is 105 Å². The van der Waals surface area contributed by atoms with Crippen molar-refractivity contribution in [1.29, 1.82) is 0 Å². The van der Waals surface area contributed by atoms with Crippen molar-refractivity contribution in [2.24, 2.45) is 0 Å². The van der Waals surface area contributed by atoms with Crippen molar-refractivity contribution in [2.45, 2.75) is 73.3 Å². The molecule has 260 valence electrons. The van der Waals surface area contributed by atoms with Gasteiger partial charge in [0.15, 0.2) is 0 Å². The van der Waals surface area contributed by atoms with Crippen molar-refractivity contribution in [1.82, 2.24) is 0 Å². The molecule has 0 spiro atoms. The molecule has 0 heterocycles. The summed E-state index contributed by atoms with van der Waals surface area (Å²) in [7, 11) is 0. The Bertz CT molecular complexity index is 891. The third-order valence-electron chi connectivity index (χ3n) is 3.34. The van der Waals surface area contributed by atoms with Crippen LogP contribution in [0.4, 0.5) is 105 Å². The molecule has 43 heavy (non-hydrogen) atoms. The van der Waals surface area contributed by atoms with E-state index in [0.29, 0.717) is 0 Å². The van der Waals surface area contributed by atoms with E-state index in [4.69, 9.17) is 10.2 Å². The number of aliphatic hydroxyl groups is 2. The summed E-state index contributed by atoms with van der Waals surface area (Å²) in [5.74, 6) is 0. The summed E-state index contributed by atoms with van der Waals surface area (Å²) >= 11 is 0. The lowest BCUT2D eigenvalue weighted by atomic mass is 10.4. The largest absolute Gasteiger partial charge is 0.453 e. The number of hydrogen-bond donors (Lipinski definition) is 2. The van der Waals surface area contributed by atoms with Gasteiger partial charge in [-0.1, -0.05) is 0 Å². The third-order valence-corrected chi connectivity index (χ3v) is 3.34. The van der Waals surface area contributed by atoms with Gasteiger partial charge in [0.25, 0.3) is 0 Å². The molecule has 0 aromatic rings. The molecule has 0 saturated carbocycles. The van der Waals surface area contributed by atoms with Crippen molar-refractivity contribution in [3.05, 3.63) is 0 Å². The lowest BCUT2D eigenvalue weighted by Crippen LogP contribution is -2.62. The molecule has 0 aliphatic carbocycles. The minimum Gasteiger partial charge on any atom is -0.329 e. The number of halogens is 24. The predicted molar refractivity (Wildman–Crippen MR) is 69.2 cm³/mol. The van der Waals surface area contributed by atoms with Crippen molar-refractivity contribution in [3.63, 3.8) is 0 Å². The molecule has 0 aliphatic rings. The van der Waals surface area contributed by atoms with Crippen LogP contribution >= 0.6 is 0 Å². The summed E-state index contributed by atoms with van der Waals surface area (Å²) in [6, 6.07) is 0. The van der Waals surface area contributed by atoms with E-state index >= 15 is 0 Å². The summed E-state index contributed by atoms with van der Waals surface area (Å²) in [5.41, 5.74) is 0. The normalized spacial score (nSPS) is 16.6. The van der Waals surface area contributed by atoms with E-state index < -0.39 is 73.3 Å². The molecule has 0 saturated heterocycles. The molecule has 0 unspecified atom stereocenters. The second-order valence-electron chi connectivity index (χ2n) is 6.76. The number of hydrogen-bond acceptors (Lipinski definition) is 7. The predicted octanol–water partition coefficient (Wildman–Crippen LogP) is 6.17. The monoisotopic (exact) mass is 714 g/mol. The van der Waals surface area contributed by atoms with E-state index in [1.54, 1.807) is 0 Å². The molecule has 0 fully saturated rings. The Morgan fingerprint density at radius 1 is 0.209 bits per heavy atom. The first-order valence-electron chi connectivity index (χ1n) is 8.52. The van der Waals surface area contributed by atoms with Crippen LogP contribution in [0.1, 0.15) is 0 Å². The van der Waals surface area contributed by atoms with Crippen molar-refractivity contribution in [3.8, 4) is 0 Å². The Morgan fingerprint density at radius 3 is 0.395 bits per heavy atom. The maximum absolute atomic E-state index is 13.2. The third kappa shape index (κ3) is 8.61. The minimum absolute atomic E-state index is 1.11. The molecule has 0 aliphatic heterocycles. The van der Waals surface area contributed by atoms with Gasteiger partial charge < -0.3 is 10.2 Å². The smallest absolute Gasteiger partial charge is 0.329 e. The van der Waals surface area contributed by atoms with Crippen LogP contribution in [0.25, 0.3) is 0 Å². The van der Waals surface area contributed by atoms with E-state index in [1.165, 1.54) is 9.47 Å². The van der Waals surface area contributed by atoms with Crippen molar-refractivity contribution < 1.29 is 139 Å². The lowest BCUT2D eigenvalue weighted by molar-refractivity contribution is -0.594. The van der Waals surface area contributed by atoms with Crippen LogP contribution in [0.5, 0.6) is 0 Å². The first-order chi connectivity index (χ1) is 18.0. The topological polar surface area (TPSA) is 86.6 Å². The highest BCUT2D eigenvalue weighted by Crippen LogP contribution is 2.53. The van der Waals surface area contributed by atoms with Gasteiger partial charge in [-0.3, -0.25) is 0 Å². The minimum atomic E-state index is -8.13. The van der Waals surface area contributed by atoms with Crippen molar-refractivity contribution in [2.75, 3.05) is 0 Å². The average Bonchev–Trinajstić information content (AvgIpc) is 2.61. The zero-order chi connectivity index (χ0) is 35.5. The van der Waals surface area contributed by atoms with Crippen LogP contribution in [-0.2, 0) is 23.7 Å². The highest BCUT2D eigenvalue weighted by atomic mass is 19.4. The molecule has 0 atom stereocenters. The number of alkyl halides is 24. The highest BCUT2D eigenvalue weighted by molar-refractivity contribution is 4.82. The molecule has 2 N–H and O–H groups in total. The summed E-state index contributed by atoms with van der Waals surface area (Å²) < 4.78 is 314. The number of rotatable bonds is 16. The highest BCUT2D eigenvalue weighted by Gasteiger charge is 2.80. The Labute approximate surface area is 214 Å². The first kappa shape index (κ1) is 41.0. The van der Waals surface area contributed by atoms with Crippen molar-refractivity contribution >= 4 is 0 Å². The SMILES string of the molecule is OC(F)(F)C(F)(F)OC(F)(F)C(F)(F)OC(F)(F)C(F)(F)OC(F)(F)C(F)(F)OC(F)(F)C(F)(F)OC(F)(F)C(O)(F)F.